The zero-order valence-electron chi connectivity index (χ0n) is 12.8. The largest absolute Gasteiger partial charge is 0.356 e. The summed E-state index contributed by atoms with van der Waals surface area (Å²) in [6.45, 7) is 1.55. The molecule has 0 aliphatic heterocycles. The summed E-state index contributed by atoms with van der Waals surface area (Å²) in [5.74, 6) is 0.00969. The smallest absolute Gasteiger partial charge is 0.224 e. The van der Waals surface area contributed by atoms with E-state index in [9.17, 15) is 4.79 Å². The van der Waals surface area contributed by atoms with E-state index in [-0.39, 0.29) is 5.91 Å². The van der Waals surface area contributed by atoms with Crippen LogP contribution in [0.1, 0.15) is 12.0 Å². The lowest BCUT2D eigenvalue weighted by atomic mass is 10.1. The number of hydrogen-bond donors (Lipinski definition) is 1. The van der Waals surface area contributed by atoms with E-state index < -0.39 is 0 Å². The summed E-state index contributed by atoms with van der Waals surface area (Å²) in [5.41, 5.74) is 2.10. The number of para-hydroxylation sites is 1. The second kappa shape index (κ2) is 7.34. The Morgan fingerprint density at radius 3 is 2.70 bits per heavy atom. The highest BCUT2D eigenvalue weighted by molar-refractivity contribution is 6.31. The first-order valence-electron chi connectivity index (χ1n) is 7.78. The fourth-order valence-electron chi connectivity index (χ4n) is 2.69. The summed E-state index contributed by atoms with van der Waals surface area (Å²) in [6.07, 6.45) is 3.31. The molecule has 0 saturated heterocycles. The topological polar surface area (TPSA) is 34.0 Å². The molecule has 4 heteroatoms. The Morgan fingerprint density at radius 1 is 1.04 bits per heavy atom. The first kappa shape index (κ1) is 15.6. The van der Waals surface area contributed by atoms with Gasteiger partial charge in [0.05, 0.1) is 6.42 Å². The summed E-state index contributed by atoms with van der Waals surface area (Å²) in [5, 5.41) is 4.84. The highest BCUT2D eigenvalue weighted by Gasteiger charge is 2.06. The van der Waals surface area contributed by atoms with E-state index in [1.165, 1.54) is 10.9 Å². The minimum absolute atomic E-state index is 0.00969. The number of aryl methyl sites for hydroxylation is 1. The van der Waals surface area contributed by atoms with E-state index in [4.69, 9.17) is 11.6 Å². The fourth-order valence-corrected chi connectivity index (χ4v) is 2.89. The van der Waals surface area contributed by atoms with Crippen LogP contribution in [0.2, 0.25) is 5.02 Å². The minimum Gasteiger partial charge on any atom is -0.356 e. The normalized spacial score (nSPS) is 10.8. The molecule has 2 aromatic carbocycles. The van der Waals surface area contributed by atoms with Crippen LogP contribution in [0.25, 0.3) is 10.9 Å². The molecule has 1 amide bonds. The van der Waals surface area contributed by atoms with Gasteiger partial charge in [0, 0.05) is 29.8 Å². The van der Waals surface area contributed by atoms with Gasteiger partial charge in [0.15, 0.2) is 0 Å². The van der Waals surface area contributed by atoms with Gasteiger partial charge in [-0.25, -0.2) is 0 Å². The second-order valence-electron chi connectivity index (χ2n) is 5.54. The van der Waals surface area contributed by atoms with Crippen molar-refractivity contribution in [3.8, 4) is 0 Å². The molecule has 0 saturated carbocycles. The van der Waals surface area contributed by atoms with Crippen LogP contribution in [0.15, 0.2) is 60.8 Å². The van der Waals surface area contributed by atoms with E-state index >= 15 is 0 Å². The molecule has 0 aliphatic rings. The number of carbonyl (C=O) groups is 1. The fraction of sp³-hybridized carbons (Fsp3) is 0.211. The monoisotopic (exact) mass is 326 g/mol. The van der Waals surface area contributed by atoms with Crippen LogP contribution in [0, 0.1) is 0 Å². The van der Waals surface area contributed by atoms with Gasteiger partial charge in [0.2, 0.25) is 5.91 Å². The molecule has 23 heavy (non-hydrogen) atoms. The maximum absolute atomic E-state index is 12.0. The number of amides is 1. The average Bonchev–Trinajstić information content (AvgIpc) is 2.97. The van der Waals surface area contributed by atoms with Crippen molar-refractivity contribution in [1.29, 1.82) is 0 Å². The summed E-state index contributed by atoms with van der Waals surface area (Å²) < 4.78 is 2.22. The molecule has 0 unspecified atom stereocenters. The molecule has 3 rings (SSSR count). The zero-order valence-corrected chi connectivity index (χ0v) is 13.6. The van der Waals surface area contributed by atoms with Crippen molar-refractivity contribution in [2.45, 2.75) is 19.4 Å². The number of carbonyl (C=O) groups excluding carboxylic acids is 1. The number of fused-ring (bicyclic) bond motifs is 1. The molecule has 1 heterocycles. The van der Waals surface area contributed by atoms with E-state index in [0.29, 0.717) is 18.0 Å². The minimum atomic E-state index is 0.00969. The predicted molar refractivity (Wildman–Crippen MR) is 94.7 cm³/mol. The maximum atomic E-state index is 12.0. The van der Waals surface area contributed by atoms with E-state index in [0.717, 1.165) is 18.5 Å². The van der Waals surface area contributed by atoms with Crippen molar-refractivity contribution in [2.75, 3.05) is 6.54 Å². The molecule has 0 bridgehead atoms. The molecule has 3 aromatic rings. The second-order valence-corrected chi connectivity index (χ2v) is 5.95. The number of aromatic nitrogens is 1. The SMILES string of the molecule is O=C(Cc1ccccc1Cl)NCCCn1ccc2ccccc21. The van der Waals surface area contributed by atoms with Crippen LogP contribution in [0.4, 0.5) is 0 Å². The number of rotatable bonds is 6. The third-order valence-corrected chi connectivity index (χ3v) is 4.26. The lowest BCUT2D eigenvalue weighted by molar-refractivity contribution is -0.120. The zero-order chi connectivity index (χ0) is 16.1. The van der Waals surface area contributed by atoms with Gasteiger partial charge in [0.25, 0.3) is 0 Å². The Morgan fingerprint density at radius 2 is 1.83 bits per heavy atom. The molecule has 0 aliphatic carbocycles. The van der Waals surface area contributed by atoms with Crippen molar-refractivity contribution in [3.05, 3.63) is 71.4 Å². The number of benzene rings is 2. The van der Waals surface area contributed by atoms with Crippen molar-refractivity contribution in [2.24, 2.45) is 0 Å². The van der Waals surface area contributed by atoms with Crippen molar-refractivity contribution < 1.29 is 4.79 Å². The third kappa shape index (κ3) is 3.93. The Balaban J connectivity index is 1.46. The predicted octanol–water partition coefficient (Wildman–Crippen LogP) is 4.04. The Kier molecular flexibility index (Phi) is 4.99. The first-order valence-corrected chi connectivity index (χ1v) is 8.16. The van der Waals surface area contributed by atoms with E-state index in [1.807, 2.05) is 30.3 Å². The summed E-state index contributed by atoms with van der Waals surface area (Å²) in [6, 6.07) is 17.9. The Bertz CT molecular complexity index is 810. The van der Waals surface area contributed by atoms with Crippen LogP contribution in [-0.2, 0) is 17.8 Å². The van der Waals surface area contributed by atoms with Crippen LogP contribution in [0.3, 0.4) is 0 Å². The van der Waals surface area contributed by atoms with Gasteiger partial charge in [-0.05, 0) is 35.6 Å². The maximum Gasteiger partial charge on any atom is 0.224 e. The molecule has 0 spiro atoms. The number of hydrogen-bond acceptors (Lipinski definition) is 1. The third-order valence-electron chi connectivity index (χ3n) is 3.89. The molecule has 0 fully saturated rings. The van der Waals surface area contributed by atoms with E-state index in [1.54, 1.807) is 6.07 Å². The van der Waals surface area contributed by atoms with Crippen LogP contribution in [0.5, 0.6) is 0 Å². The quantitative estimate of drug-likeness (QED) is 0.681. The van der Waals surface area contributed by atoms with Crippen molar-refractivity contribution in [1.82, 2.24) is 9.88 Å². The number of nitrogens with one attached hydrogen (secondary N) is 1. The van der Waals surface area contributed by atoms with Crippen LogP contribution < -0.4 is 5.32 Å². The summed E-state index contributed by atoms with van der Waals surface area (Å²) in [4.78, 5) is 12.0. The van der Waals surface area contributed by atoms with Gasteiger partial charge in [-0.2, -0.15) is 0 Å². The molecule has 1 N–H and O–H groups in total. The number of halogens is 1. The van der Waals surface area contributed by atoms with Crippen molar-refractivity contribution in [3.63, 3.8) is 0 Å². The molecular formula is C19H19ClN2O. The summed E-state index contributed by atoms with van der Waals surface area (Å²) in [7, 11) is 0. The van der Waals surface area contributed by atoms with Gasteiger partial charge in [-0.3, -0.25) is 4.79 Å². The molecule has 1 aromatic heterocycles. The van der Waals surface area contributed by atoms with E-state index in [2.05, 4.69) is 34.3 Å². The standard InChI is InChI=1S/C19H19ClN2O/c20-17-8-3-1-7-16(17)14-19(23)21-11-5-12-22-13-10-15-6-2-4-9-18(15)22/h1-4,6-10,13H,5,11-12,14H2,(H,21,23). The average molecular weight is 327 g/mol. The van der Waals surface area contributed by atoms with Gasteiger partial charge in [0.1, 0.15) is 0 Å². The highest BCUT2D eigenvalue weighted by atomic mass is 35.5. The molecule has 3 nitrogen and oxygen atoms in total. The molecule has 118 valence electrons. The first-order chi connectivity index (χ1) is 11.2. The lowest BCUT2D eigenvalue weighted by Gasteiger charge is -2.08. The van der Waals surface area contributed by atoms with Gasteiger partial charge < -0.3 is 9.88 Å². The molecular weight excluding hydrogens is 308 g/mol. The van der Waals surface area contributed by atoms with Gasteiger partial charge in [-0.1, -0.05) is 48.0 Å². The van der Waals surface area contributed by atoms with Crippen LogP contribution >= 0.6 is 11.6 Å². The van der Waals surface area contributed by atoms with Crippen molar-refractivity contribution >= 4 is 28.4 Å². The Labute approximate surface area is 140 Å². The number of nitrogens with zero attached hydrogens (tertiary/aromatic N) is 1. The summed E-state index contributed by atoms with van der Waals surface area (Å²) >= 11 is 6.07. The molecule has 0 atom stereocenters. The lowest BCUT2D eigenvalue weighted by Crippen LogP contribution is -2.26. The van der Waals surface area contributed by atoms with Gasteiger partial charge >= 0.3 is 0 Å². The molecule has 0 radical (unpaired) electrons. The van der Waals surface area contributed by atoms with Crippen LogP contribution in [-0.4, -0.2) is 17.0 Å². The van der Waals surface area contributed by atoms with Gasteiger partial charge in [-0.15, -0.1) is 0 Å². The Hall–Kier alpha value is -2.26. The highest BCUT2D eigenvalue weighted by Crippen LogP contribution is 2.16.